The highest BCUT2D eigenvalue weighted by molar-refractivity contribution is 6.24. The summed E-state index contributed by atoms with van der Waals surface area (Å²) in [6, 6.07) is 0.0324. The lowest BCUT2D eigenvalue weighted by Crippen LogP contribution is -2.45. The highest BCUT2D eigenvalue weighted by atomic mass is 35.5. The Morgan fingerprint density at radius 3 is 3.16 bits per heavy atom. The van der Waals surface area contributed by atoms with E-state index in [2.05, 4.69) is 35.5 Å². The number of alkyl halides is 1. The molecule has 31 heavy (non-hydrogen) atoms. The summed E-state index contributed by atoms with van der Waals surface area (Å²) in [6.07, 6.45) is 6.22. The Bertz CT molecular complexity index is 1110. The van der Waals surface area contributed by atoms with Crippen LogP contribution in [0.25, 0.3) is 17.5 Å². The molecule has 2 unspecified atom stereocenters. The van der Waals surface area contributed by atoms with Gasteiger partial charge in [-0.1, -0.05) is 6.08 Å². The number of aromatic amines is 1. The van der Waals surface area contributed by atoms with Gasteiger partial charge in [-0.25, -0.2) is 19.2 Å². The molecule has 3 aliphatic heterocycles. The van der Waals surface area contributed by atoms with Crippen molar-refractivity contribution in [3.05, 3.63) is 28.9 Å². The minimum absolute atomic E-state index is 0.0324. The summed E-state index contributed by atoms with van der Waals surface area (Å²) in [5.41, 5.74) is 1.48. The van der Waals surface area contributed by atoms with Gasteiger partial charge in [-0.15, -0.1) is 11.6 Å². The molecule has 0 saturated carbocycles. The van der Waals surface area contributed by atoms with Crippen molar-refractivity contribution < 1.29 is 13.9 Å². The van der Waals surface area contributed by atoms with Crippen LogP contribution in [0.3, 0.4) is 0 Å². The van der Waals surface area contributed by atoms with Crippen LogP contribution in [0.4, 0.5) is 15.0 Å². The average Bonchev–Trinajstić information content (AvgIpc) is 3.35. The number of fused-ring (bicyclic) bond motifs is 1. The number of H-pyrrole nitrogens is 1. The molecule has 3 N–H and O–H groups in total. The van der Waals surface area contributed by atoms with Crippen LogP contribution in [0.2, 0.25) is 0 Å². The Kier molecular flexibility index (Phi) is 5.49. The zero-order valence-electron chi connectivity index (χ0n) is 16.8. The molecule has 0 spiro atoms. The van der Waals surface area contributed by atoms with Crippen molar-refractivity contribution in [2.75, 3.05) is 38.0 Å². The molecule has 0 bridgehead atoms. The van der Waals surface area contributed by atoms with Crippen LogP contribution < -0.4 is 21.3 Å². The third-order valence-electron chi connectivity index (χ3n) is 5.71. The largest absolute Gasteiger partial charge is 0.443 e. The number of cyclic esters (lactones) is 1. The lowest BCUT2D eigenvalue weighted by atomic mass is 10.1. The molecule has 3 atom stereocenters. The maximum Gasteiger partial charge on any atom is 0.407 e. The van der Waals surface area contributed by atoms with Crippen LogP contribution in [0.1, 0.15) is 12.8 Å². The van der Waals surface area contributed by atoms with Crippen molar-refractivity contribution in [3.63, 3.8) is 0 Å². The van der Waals surface area contributed by atoms with E-state index in [0.717, 1.165) is 35.7 Å². The highest BCUT2D eigenvalue weighted by Gasteiger charge is 2.28. The number of anilines is 1. The molecule has 2 fully saturated rings. The van der Waals surface area contributed by atoms with Gasteiger partial charge in [0.2, 0.25) is 0 Å². The maximum atomic E-state index is 14.5. The molecule has 0 radical (unpaired) electrons. The van der Waals surface area contributed by atoms with Gasteiger partial charge >= 0.3 is 6.09 Å². The summed E-state index contributed by atoms with van der Waals surface area (Å²) in [7, 11) is 0. The SMILES string of the molecule is O=C1NCC(CN2CCC[C@H](Nc3nc(-c4c[nH]c5c4=CC(Cl)CN=5)ncc3F)C2)O1. The molecule has 3 aliphatic rings. The number of ether oxygens (including phenoxy) is 1. The third-order valence-corrected chi connectivity index (χ3v) is 5.97. The molecule has 2 aromatic rings. The smallest absolute Gasteiger partial charge is 0.407 e. The monoisotopic (exact) mass is 447 g/mol. The number of aromatic nitrogens is 3. The van der Waals surface area contributed by atoms with Gasteiger partial charge in [0.05, 0.1) is 24.7 Å². The Labute approximate surface area is 182 Å². The first kappa shape index (κ1) is 20.2. The third kappa shape index (κ3) is 4.35. The number of rotatable bonds is 5. The molecular weight excluding hydrogens is 425 g/mol. The number of nitrogens with zero attached hydrogens (tertiary/aromatic N) is 4. The first-order valence-electron chi connectivity index (χ1n) is 10.4. The predicted molar refractivity (Wildman–Crippen MR) is 113 cm³/mol. The van der Waals surface area contributed by atoms with E-state index < -0.39 is 5.82 Å². The number of amides is 1. The molecular formula is C20H23ClFN7O2. The number of alkyl carbamates (subject to hydrolysis) is 1. The quantitative estimate of drug-likeness (QED) is 0.580. The first-order chi connectivity index (χ1) is 15.0. The van der Waals surface area contributed by atoms with Crippen molar-refractivity contribution in [2.24, 2.45) is 4.99 Å². The molecule has 9 nitrogen and oxygen atoms in total. The van der Waals surface area contributed by atoms with E-state index in [0.29, 0.717) is 32.0 Å². The fourth-order valence-corrected chi connectivity index (χ4v) is 4.47. The van der Waals surface area contributed by atoms with E-state index in [9.17, 15) is 9.18 Å². The van der Waals surface area contributed by atoms with E-state index in [1.807, 2.05) is 6.08 Å². The van der Waals surface area contributed by atoms with E-state index in [1.54, 1.807) is 6.20 Å². The normalized spacial score (nSPS) is 25.7. The first-order valence-corrected chi connectivity index (χ1v) is 10.8. The minimum Gasteiger partial charge on any atom is -0.443 e. The summed E-state index contributed by atoms with van der Waals surface area (Å²) in [5, 5.41) is 6.56. The van der Waals surface area contributed by atoms with Gasteiger partial charge in [0.15, 0.2) is 17.5 Å². The summed E-state index contributed by atoms with van der Waals surface area (Å²) in [6.45, 7) is 3.32. The lowest BCUT2D eigenvalue weighted by molar-refractivity contribution is 0.0981. The Hall–Kier alpha value is -2.72. The molecule has 5 rings (SSSR count). The van der Waals surface area contributed by atoms with Crippen LogP contribution in [-0.4, -0.2) is 76.2 Å². The molecule has 0 aliphatic carbocycles. The number of halogens is 2. The van der Waals surface area contributed by atoms with Gasteiger partial charge in [-0.2, -0.15) is 0 Å². The second-order valence-corrected chi connectivity index (χ2v) is 8.59. The average molecular weight is 448 g/mol. The predicted octanol–water partition coefficient (Wildman–Crippen LogP) is 0.617. The fourth-order valence-electron chi connectivity index (χ4n) is 4.27. The molecule has 0 aromatic carbocycles. The number of hydrogen-bond acceptors (Lipinski definition) is 7. The summed E-state index contributed by atoms with van der Waals surface area (Å²) >= 11 is 6.22. The Balaban J connectivity index is 1.32. The number of hydrogen-bond donors (Lipinski definition) is 3. The van der Waals surface area contributed by atoms with Gasteiger partial charge in [0, 0.05) is 36.1 Å². The maximum absolute atomic E-state index is 14.5. The fraction of sp³-hybridized carbons (Fsp3) is 0.500. The molecule has 11 heteroatoms. The van der Waals surface area contributed by atoms with Crippen molar-refractivity contribution in [3.8, 4) is 11.4 Å². The van der Waals surface area contributed by atoms with Gasteiger partial charge < -0.3 is 20.4 Å². The summed E-state index contributed by atoms with van der Waals surface area (Å²) < 4.78 is 19.7. The molecule has 2 aromatic heterocycles. The van der Waals surface area contributed by atoms with Crippen molar-refractivity contribution in [1.82, 2.24) is 25.2 Å². The van der Waals surface area contributed by atoms with Gasteiger partial charge in [0.1, 0.15) is 11.6 Å². The van der Waals surface area contributed by atoms with Crippen LogP contribution in [0.5, 0.6) is 0 Å². The number of nitrogens with one attached hydrogen (secondary N) is 3. The van der Waals surface area contributed by atoms with Gasteiger partial charge in [-0.3, -0.25) is 9.89 Å². The Morgan fingerprint density at radius 1 is 1.42 bits per heavy atom. The van der Waals surface area contributed by atoms with Gasteiger partial charge in [-0.05, 0) is 19.4 Å². The van der Waals surface area contributed by atoms with Gasteiger partial charge in [0.25, 0.3) is 0 Å². The van der Waals surface area contributed by atoms with Crippen LogP contribution >= 0.6 is 11.6 Å². The highest BCUT2D eigenvalue weighted by Crippen LogP contribution is 2.20. The second kappa shape index (κ2) is 8.43. The van der Waals surface area contributed by atoms with E-state index in [4.69, 9.17) is 16.3 Å². The number of carbonyl (C=O) groups excluding carboxylic acids is 1. The van der Waals surface area contributed by atoms with Crippen molar-refractivity contribution in [2.45, 2.75) is 30.4 Å². The van der Waals surface area contributed by atoms with Crippen molar-refractivity contribution >= 4 is 29.6 Å². The second-order valence-electron chi connectivity index (χ2n) is 8.03. The number of piperidine rings is 1. The summed E-state index contributed by atoms with van der Waals surface area (Å²) in [5.74, 6) is 0.0919. The van der Waals surface area contributed by atoms with E-state index >= 15 is 0 Å². The van der Waals surface area contributed by atoms with Crippen LogP contribution in [0.15, 0.2) is 17.4 Å². The van der Waals surface area contributed by atoms with E-state index in [1.165, 1.54) is 6.20 Å². The molecule has 5 heterocycles. The molecule has 2 saturated heterocycles. The Morgan fingerprint density at radius 2 is 2.32 bits per heavy atom. The molecule has 1 amide bonds. The van der Waals surface area contributed by atoms with E-state index in [-0.39, 0.29) is 29.4 Å². The zero-order chi connectivity index (χ0) is 21.4. The number of likely N-dealkylation sites (tertiary alicyclic amines) is 1. The van der Waals surface area contributed by atoms with Crippen molar-refractivity contribution in [1.29, 1.82) is 0 Å². The number of carbonyl (C=O) groups is 1. The standard InChI is InChI=1S/C20H23ClFN7O2/c21-11-4-14-15(7-24-17(14)23-5-11)18-25-8-16(22)19(28-18)27-12-2-1-3-29(9-12)10-13-6-26-20(30)31-13/h4,7-8,11-13H,1-3,5-6,9-10H2,(H,23,24)(H,26,30)(H,25,27,28)/t11?,12-,13?/m0/s1. The van der Waals surface area contributed by atoms with Crippen LogP contribution in [0, 0.1) is 5.82 Å². The lowest BCUT2D eigenvalue weighted by Gasteiger charge is -2.34. The minimum atomic E-state index is -0.497. The molecule has 164 valence electrons. The van der Waals surface area contributed by atoms with Crippen LogP contribution in [-0.2, 0) is 4.74 Å². The topological polar surface area (TPSA) is 108 Å². The zero-order valence-corrected chi connectivity index (χ0v) is 17.5. The summed E-state index contributed by atoms with van der Waals surface area (Å²) in [4.78, 5) is 29.6.